The minimum absolute atomic E-state index is 0.0419. The molecule has 0 aromatic heterocycles. The summed E-state index contributed by atoms with van der Waals surface area (Å²) in [7, 11) is 1.67. The van der Waals surface area contributed by atoms with Gasteiger partial charge in [0.05, 0.1) is 23.4 Å². The monoisotopic (exact) mass is 311 g/mol. The second kappa shape index (κ2) is 7.11. The lowest BCUT2D eigenvalue weighted by Crippen LogP contribution is -2.44. The number of methoxy groups -OCH3 is 1. The summed E-state index contributed by atoms with van der Waals surface area (Å²) >= 11 is 5.88. The van der Waals surface area contributed by atoms with Crippen LogP contribution in [0.3, 0.4) is 0 Å². The molecule has 1 aliphatic rings. The van der Waals surface area contributed by atoms with Gasteiger partial charge in [-0.05, 0) is 38.0 Å². The molecule has 6 heteroatoms. The van der Waals surface area contributed by atoms with E-state index in [1.165, 1.54) is 0 Å². The maximum atomic E-state index is 12.4. The number of carbonyl (C=O) groups is 1. The number of anilines is 2. The van der Waals surface area contributed by atoms with Crippen LogP contribution in [0.15, 0.2) is 18.2 Å². The first kappa shape index (κ1) is 16.1. The second-order valence-electron chi connectivity index (χ2n) is 5.36. The lowest BCUT2D eigenvalue weighted by atomic mass is 10.2. The van der Waals surface area contributed by atoms with Crippen LogP contribution in [-0.2, 0) is 9.53 Å². The first-order valence-corrected chi connectivity index (χ1v) is 7.51. The Morgan fingerprint density at radius 2 is 2.29 bits per heavy atom. The van der Waals surface area contributed by atoms with Gasteiger partial charge in [-0.25, -0.2) is 0 Å². The Kier molecular flexibility index (Phi) is 5.45. The molecule has 0 saturated heterocycles. The third-order valence-corrected chi connectivity index (χ3v) is 4.05. The predicted molar refractivity (Wildman–Crippen MR) is 85.6 cm³/mol. The van der Waals surface area contributed by atoms with Crippen LogP contribution in [0, 0.1) is 0 Å². The Hall–Kier alpha value is -1.30. The Morgan fingerprint density at radius 3 is 2.86 bits per heavy atom. The van der Waals surface area contributed by atoms with E-state index in [1.54, 1.807) is 25.3 Å². The first-order valence-electron chi connectivity index (χ1n) is 7.13. The number of benzene rings is 1. The van der Waals surface area contributed by atoms with Crippen molar-refractivity contribution in [1.82, 2.24) is 4.90 Å². The van der Waals surface area contributed by atoms with Gasteiger partial charge in [-0.1, -0.05) is 11.6 Å². The molecule has 2 rings (SSSR count). The Bertz CT molecular complexity index is 506. The summed E-state index contributed by atoms with van der Waals surface area (Å²) in [5.74, 6) is -0.0419. The topological polar surface area (TPSA) is 67.6 Å². The van der Waals surface area contributed by atoms with E-state index in [2.05, 4.69) is 10.2 Å². The average molecular weight is 312 g/mol. The molecule has 0 aliphatic heterocycles. The van der Waals surface area contributed by atoms with Crippen molar-refractivity contribution < 1.29 is 9.53 Å². The largest absolute Gasteiger partial charge is 0.397 e. The Morgan fingerprint density at radius 1 is 1.57 bits per heavy atom. The van der Waals surface area contributed by atoms with Crippen molar-refractivity contribution in [3.8, 4) is 0 Å². The molecule has 116 valence electrons. The second-order valence-corrected chi connectivity index (χ2v) is 5.77. The van der Waals surface area contributed by atoms with E-state index in [4.69, 9.17) is 22.1 Å². The zero-order valence-electron chi connectivity index (χ0n) is 12.4. The molecular formula is C15H22ClN3O2. The molecule has 0 spiro atoms. The Labute approximate surface area is 130 Å². The lowest BCUT2D eigenvalue weighted by molar-refractivity contribution is -0.121. The number of rotatable bonds is 7. The molecule has 1 saturated carbocycles. The maximum absolute atomic E-state index is 12.4. The molecule has 1 fully saturated rings. The van der Waals surface area contributed by atoms with E-state index in [0.29, 0.717) is 29.0 Å². The van der Waals surface area contributed by atoms with Gasteiger partial charge in [0, 0.05) is 25.4 Å². The van der Waals surface area contributed by atoms with Gasteiger partial charge in [0.2, 0.25) is 5.91 Å². The number of hydrogen-bond donors (Lipinski definition) is 2. The highest BCUT2D eigenvalue weighted by Gasteiger charge is 2.34. The molecule has 0 bridgehead atoms. The van der Waals surface area contributed by atoms with Crippen LogP contribution in [0.25, 0.3) is 0 Å². The van der Waals surface area contributed by atoms with Gasteiger partial charge >= 0.3 is 0 Å². The van der Waals surface area contributed by atoms with Gasteiger partial charge in [-0.2, -0.15) is 0 Å². The summed E-state index contributed by atoms with van der Waals surface area (Å²) in [5, 5.41) is 3.38. The molecule has 1 aromatic carbocycles. The Balaban J connectivity index is 1.98. The number of carbonyl (C=O) groups excluding carboxylic acids is 1. The number of ether oxygens (including phenoxy) is 1. The highest BCUT2D eigenvalue weighted by atomic mass is 35.5. The number of amides is 1. The summed E-state index contributed by atoms with van der Waals surface area (Å²) in [5.41, 5.74) is 6.87. The molecule has 1 unspecified atom stereocenters. The normalized spacial score (nSPS) is 16.0. The molecule has 21 heavy (non-hydrogen) atoms. The number of nitrogens with two attached hydrogens (primary N) is 1. The number of nitrogens with zero attached hydrogens (tertiary/aromatic N) is 1. The van der Waals surface area contributed by atoms with E-state index in [-0.39, 0.29) is 11.9 Å². The van der Waals surface area contributed by atoms with Crippen LogP contribution in [-0.4, -0.2) is 43.2 Å². The van der Waals surface area contributed by atoms with E-state index in [0.717, 1.165) is 19.4 Å². The molecule has 1 aromatic rings. The number of nitrogens with one attached hydrogen (secondary N) is 1. The molecule has 1 atom stereocenters. The third-order valence-electron chi connectivity index (χ3n) is 3.71. The van der Waals surface area contributed by atoms with Crippen LogP contribution in [0.4, 0.5) is 11.4 Å². The predicted octanol–water partition coefficient (Wildman–Crippen LogP) is 2.36. The van der Waals surface area contributed by atoms with Gasteiger partial charge in [0.15, 0.2) is 0 Å². The third kappa shape index (κ3) is 4.33. The van der Waals surface area contributed by atoms with Crippen molar-refractivity contribution in [3.63, 3.8) is 0 Å². The number of nitrogen functional groups attached to an aromatic ring is 1. The molecule has 0 heterocycles. The average Bonchev–Trinajstić information content (AvgIpc) is 3.27. The summed E-state index contributed by atoms with van der Waals surface area (Å²) < 4.78 is 5.12. The minimum Gasteiger partial charge on any atom is -0.397 e. The van der Waals surface area contributed by atoms with Gasteiger partial charge in [0.1, 0.15) is 0 Å². The zero-order valence-corrected chi connectivity index (χ0v) is 13.2. The van der Waals surface area contributed by atoms with Crippen LogP contribution in [0.2, 0.25) is 5.02 Å². The van der Waals surface area contributed by atoms with Crippen LogP contribution in [0.5, 0.6) is 0 Å². The van der Waals surface area contributed by atoms with Crippen molar-refractivity contribution in [3.05, 3.63) is 23.2 Å². The fraction of sp³-hybridized carbons (Fsp3) is 0.533. The van der Waals surface area contributed by atoms with Crippen molar-refractivity contribution in [2.75, 3.05) is 31.3 Å². The van der Waals surface area contributed by atoms with E-state index in [9.17, 15) is 4.79 Å². The van der Waals surface area contributed by atoms with Gasteiger partial charge in [0.25, 0.3) is 0 Å². The first-order chi connectivity index (χ1) is 10.0. The zero-order chi connectivity index (χ0) is 15.4. The molecule has 5 nitrogen and oxygen atoms in total. The van der Waals surface area contributed by atoms with Crippen molar-refractivity contribution in [2.24, 2.45) is 0 Å². The van der Waals surface area contributed by atoms with Crippen LogP contribution < -0.4 is 11.1 Å². The van der Waals surface area contributed by atoms with Crippen LogP contribution >= 0.6 is 11.6 Å². The van der Waals surface area contributed by atoms with E-state index in [1.807, 2.05) is 6.92 Å². The fourth-order valence-electron chi connectivity index (χ4n) is 2.31. The van der Waals surface area contributed by atoms with Crippen LogP contribution in [0.1, 0.15) is 19.8 Å². The van der Waals surface area contributed by atoms with Crippen molar-refractivity contribution >= 4 is 28.9 Å². The fourth-order valence-corrected chi connectivity index (χ4v) is 2.43. The molecule has 3 N–H and O–H groups in total. The number of halogens is 1. The van der Waals surface area contributed by atoms with Crippen molar-refractivity contribution in [2.45, 2.75) is 31.8 Å². The quantitative estimate of drug-likeness (QED) is 0.759. The summed E-state index contributed by atoms with van der Waals surface area (Å²) in [6.07, 6.45) is 2.30. The standard InChI is InChI=1S/C15H22ClN3O2/c1-10(19(7-8-21-2)12-4-5-12)15(20)18-11-3-6-13(16)14(17)9-11/h3,6,9-10,12H,4-5,7-8,17H2,1-2H3,(H,18,20). The lowest BCUT2D eigenvalue weighted by Gasteiger charge is -2.28. The number of hydrogen-bond acceptors (Lipinski definition) is 4. The molecule has 0 radical (unpaired) electrons. The highest BCUT2D eigenvalue weighted by molar-refractivity contribution is 6.33. The maximum Gasteiger partial charge on any atom is 0.241 e. The van der Waals surface area contributed by atoms with E-state index < -0.39 is 0 Å². The summed E-state index contributed by atoms with van der Waals surface area (Å²) in [6, 6.07) is 5.39. The summed E-state index contributed by atoms with van der Waals surface area (Å²) in [6.45, 7) is 3.31. The molecular weight excluding hydrogens is 290 g/mol. The van der Waals surface area contributed by atoms with Gasteiger partial charge in [-0.15, -0.1) is 0 Å². The van der Waals surface area contributed by atoms with Gasteiger partial charge in [-0.3, -0.25) is 9.69 Å². The summed E-state index contributed by atoms with van der Waals surface area (Å²) in [4.78, 5) is 14.6. The van der Waals surface area contributed by atoms with Gasteiger partial charge < -0.3 is 15.8 Å². The molecule has 1 amide bonds. The SMILES string of the molecule is COCCN(C1CC1)C(C)C(=O)Nc1ccc(Cl)c(N)c1. The van der Waals surface area contributed by atoms with E-state index >= 15 is 0 Å². The molecule has 1 aliphatic carbocycles. The highest BCUT2D eigenvalue weighted by Crippen LogP contribution is 2.29. The van der Waals surface area contributed by atoms with Crippen molar-refractivity contribution in [1.29, 1.82) is 0 Å². The smallest absolute Gasteiger partial charge is 0.241 e. The minimum atomic E-state index is -0.204.